The number of hydrogen-bond donors (Lipinski definition) is 1. The number of nitrogens with one attached hydrogen (secondary N) is 1. The molecule has 0 aliphatic carbocycles. The van der Waals surface area contributed by atoms with Crippen molar-refractivity contribution in [1.29, 1.82) is 0 Å². The van der Waals surface area contributed by atoms with Crippen molar-refractivity contribution in [3.8, 4) is 5.75 Å². The van der Waals surface area contributed by atoms with Crippen LogP contribution >= 0.6 is 15.9 Å². The highest BCUT2D eigenvalue weighted by atomic mass is 79.9. The minimum absolute atomic E-state index is 0.0339. The molecule has 0 unspecified atom stereocenters. The zero-order valence-electron chi connectivity index (χ0n) is 12.8. The van der Waals surface area contributed by atoms with Crippen LogP contribution in [0, 0.1) is 0 Å². The largest absolute Gasteiger partial charge is 0.496 e. The highest BCUT2D eigenvalue weighted by Gasteiger charge is 2.08. The SMILES string of the molecule is COc1ccccc1CNC(=O)Cn1ccc2ccc(Br)cc21. The third-order valence-corrected chi connectivity index (χ3v) is 4.21. The van der Waals surface area contributed by atoms with Crippen molar-refractivity contribution < 1.29 is 9.53 Å². The fourth-order valence-electron chi connectivity index (χ4n) is 2.55. The maximum atomic E-state index is 12.2. The quantitative estimate of drug-likeness (QED) is 0.741. The molecule has 5 heteroatoms. The minimum atomic E-state index is -0.0339. The Morgan fingerprint density at radius 3 is 2.87 bits per heavy atom. The van der Waals surface area contributed by atoms with E-state index in [2.05, 4.69) is 21.2 Å². The van der Waals surface area contributed by atoms with E-state index in [1.165, 1.54) is 0 Å². The second-order valence-electron chi connectivity index (χ2n) is 5.24. The second kappa shape index (κ2) is 6.87. The van der Waals surface area contributed by atoms with Crippen LogP contribution in [0.5, 0.6) is 5.75 Å². The lowest BCUT2D eigenvalue weighted by atomic mass is 10.2. The summed E-state index contributed by atoms with van der Waals surface area (Å²) in [7, 11) is 1.63. The number of halogens is 1. The first-order valence-electron chi connectivity index (χ1n) is 7.30. The van der Waals surface area contributed by atoms with Crippen molar-refractivity contribution in [3.05, 3.63) is 64.8 Å². The van der Waals surface area contributed by atoms with Crippen LogP contribution in [-0.2, 0) is 17.9 Å². The molecule has 0 aliphatic heterocycles. The lowest BCUT2D eigenvalue weighted by Crippen LogP contribution is -2.27. The lowest BCUT2D eigenvalue weighted by molar-refractivity contribution is -0.121. The van der Waals surface area contributed by atoms with Gasteiger partial charge < -0.3 is 14.6 Å². The molecule has 23 heavy (non-hydrogen) atoms. The number of fused-ring (bicyclic) bond motifs is 1. The van der Waals surface area contributed by atoms with Gasteiger partial charge in [0.25, 0.3) is 0 Å². The number of rotatable bonds is 5. The summed E-state index contributed by atoms with van der Waals surface area (Å²) < 4.78 is 8.23. The van der Waals surface area contributed by atoms with E-state index in [0.29, 0.717) is 6.54 Å². The predicted molar refractivity (Wildman–Crippen MR) is 94.5 cm³/mol. The van der Waals surface area contributed by atoms with Crippen molar-refractivity contribution >= 4 is 32.7 Å². The van der Waals surface area contributed by atoms with Crippen molar-refractivity contribution in [2.45, 2.75) is 13.1 Å². The first-order valence-corrected chi connectivity index (χ1v) is 8.09. The maximum absolute atomic E-state index is 12.2. The number of ether oxygens (including phenoxy) is 1. The van der Waals surface area contributed by atoms with Gasteiger partial charge in [0.15, 0.2) is 0 Å². The molecule has 0 radical (unpaired) electrons. The highest BCUT2D eigenvalue weighted by molar-refractivity contribution is 9.10. The van der Waals surface area contributed by atoms with Crippen LogP contribution < -0.4 is 10.1 Å². The Balaban J connectivity index is 1.68. The number of amides is 1. The first-order chi connectivity index (χ1) is 11.2. The maximum Gasteiger partial charge on any atom is 0.240 e. The summed E-state index contributed by atoms with van der Waals surface area (Å²) in [6.07, 6.45) is 1.93. The molecule has 1 amide bonds. The second-order valence-corrected chi connectivity index (χ2v) is 6.15. The molecule has 1 aromatic heterocycles. The Morgan fingerprint density at radius 2 is 2.04 bits per heavy atom. The summed E-state index contributed by atoms with van der Waals surface area (Å²) in [4.78, 5) is 12.2. The zero-order valence-corrected chi connectivity index (χ0v) is 14.3. The van der Waals surface area contributed by atoms with Crippen molar-refractivity contribution in [2.24, 2.45) is 0 Å². The summed E-state index contributed by atoms with van der Waals surface area (Å²) in [5, 5.41) is 4.06. The molecular weight excluding hydrogens is 356 g/mol. The third-order valence-electron chi connectivity index (χ3n) is 3.72. The van der Waals surface area contributed by atoms with Gasteiger partial charge in [-0.25, -0.2) is 0 Å². The van der Waals surface area contributed by atoms with Crippen molar-refractivity contribution in [2.75, 3.05) is 7.11 Å². The van der Waals surface area contributed by atoms with E-state index in [4.69, 9.17) is 4.74 Å². The molecule has 118 valence electrons. The first kappa shape index (κ1) is 15.6. The van der Waals surface area contributed by atoms with Gasteiger partial charge in [-0.2, -0.15) is 0 Å². The van der Waals surface area contributed by atoms with Crippen LogP contribution in [-0.4, -0.2) is 17.6 Å². The molecule has 0 saturated heterocycles. The average Bonchev–Trinajstić information content (AvgIpc) is 2.95. The van der Waals surface area contributed by atoms with E-state index in [0.717, 1.165) is 26.7 Å². The fourth-order valence-corrected chi connectivity index (χ4v) is 2.90. The molecule has 3 aromatic rings. The zero-order chi connectivity index (χ0) is 16.2. The summed E-state index contributed by atoms with van der Waals surface area (Å²) in [5.74, 6) is 0.747. The number of nitrogens with zero attached hydrogens (tertiary/aromatic N) is 1. The van der Waals surface area contributed by atoms with E-state index >= 15 is 0 Å². The van der Waals surface area contributed by atoms with E-state index in [9.17, 15) is 4.79 Å². The van der Waals surface area contributed by atoms with Crippen LogP contribution in [0.25, 0.3) is 10.9 Å². The third kappa shape index (κ3) is 3.56. The number of carbonyl (C=O) groups excluding carboxylic acids is 1. The van der Waals surface area contributed by atoms with Gasteiger partial charge in [0.1, 0.15) is 12.3 Å². The highest BCUT2D eigenvalue weighted by Crippen LogP contribution is 2.21. The van der Waals surface area contributed by atoms with Crippen LogP contribution in [0.15, 0.2) is 59.2 Å². The summed E-state index contributed by atoms with van der Waals surface area (Å²) in [5.41, 5.74) is 2.00. The Hall–Kier alpha value is -2.27. The molecular formula is C18H17BrN2O2. The number of benzene rings is 2. The van der Waals surface area contributed by atoms with Crippen molar-refractivity contribution in [3.63, 3.8) is 0 Å². The predicted octanol–water partition coefficient (Wildman–Crippen LogP) is 3.73. The smallest absolute Gasteiger partial charge is 0.240 e. The molecule has 2 aromatic carbocycles. The molecule has 0 saturated carbocycles. The van der Waals surface area contributed by atoms with Crippen LogP contribution in [0.4, 0.5) is 0 Å². The van der Waals surface area contributed by atoms with Gasteiger partial charge in [0.05, 0.1) is 7.11 Å². The van der Waals surface area contributed by atoms with Gasteiger partial charge in [-0.3, -0.25) is 4.79 Å². The monoisotopic (exact) mass is 372 g/mol. The fraction of sp³-hybridized carbons (Fsp3) is 0.167. The minimum Gasteiger partial charge on any atom is -0.496 e. The standard InChI is InChI=1S/C18H17BrN2O2/c1-23-17-5-3-2-4-14(17)11-20-18(22)12-21-9-8-13-6-7-15(19)10-16(13)21/h2-10H,11-12H2,1H3,(H,20,22). The molecule has 1 heterocycles. The van der Waals surface area contributed by atoms with Crippen LogP contribution in [0.2, 0.25) is 0 Å². The summed E-state index contributed by atoms with van der Waals surface area (Å²) >= 11 is 3.47. The number of methoxy groups -OCH3 is 1. The molecule has 0 aliphatic rings. The van der Waals surface area contributed by atoms with E-state index in [-0.39, 0.29) is 12.5 Å². The summed E-state index contributed by atoms with van der Waals surface area (Å²) in [6.45, 7) is 0.737. The normalized spacial score (nSPS) is 10.7. The molecule has 0 fully saturated rings. The van der Waals surface area contributed by atoms with Gasteiger partial charge in [0, 0.05) is 28.3 Å². The molecule has 0 bridgehead atoms. The molecule has 4 nitrogen and oxygen atoms in total. The van der Waals surface area contributed by atoms with Crippen molar-refractivity contribution in [1.82, 2.24) is 9.88 Å². The van der Waals surface area contributed by atoms with Gasteiger partial charge in [-0.1, -0.05) is 40.2 Å². The molecule has 1 N–H and O–H groups in total. The Kier molecular flexibility index (Phi) is 4.67. The Bertz CT molecular complexity index is 842. The molecule has 0 atom stereocenters. The number of carbonyl (C=O) groups is 1. The van der Waals surface area contributed by atoms with Crippen LogP contribution in [0.1, 0.15) is 5.56 Å². The molecule has 3 rings (SSSR count). The van der Waals surface area contributed by atoms with Gasteiger partial charge in [-0.05, 0) is 29.7 Å². The average molecular weight is 373 g/mol. The van der Waals surface area contributed by atoms with Crippen LogP contribution in [0.3, 0.4) is 0 Å². The van der Waals surface area contributed by atoms with E-state index in [1.54, 1.807) is 7.11 Å². The van der Waals surface area contributed by atoms with E-state index in [1.807, 2.05) is 59.3 Å². The van der Waals surface area contributed by atoms with Gasteiger partial charge in [0.2, 0.25) is 5.91 Å². The topological polar surface area (TPSA) is 43.3 Å². The number of aromatic nitrogens is 1. The Labute approximate surface area is 143 Å². The summed E-state index contributed by atoms with van der Waals surface area (Å²) in [6, 6.07) is 15.7. The molecule has 0 spiro atoms. The lowest BCUT2D eigenvalue weighted by Gasteiger charge is -2.10. The van der Waals surface area contributed by atoms with Gasteiger partial charge in [-0.15, -0.1) is 0 Å². The van der Waals surface area contributed by atoms with Gasteiger partial charge >= 0.3 is 0 Å². The Morgan fingerprint density at radius 1 is 1.22 bits per heavy atom. The number of para-hydroxylation sites is 1. The number of hydrogen-bond acceptors (Lipinski definition) is 2. The van der Waals surface area contributed by atoms with E-state index < -0.39 is 0 Å².